The van der Waals surface area contributed by atoms with E-state index in [1.165, 1.54) is 27.8 Å². The highest BCUT2D eigenvalue weighted by atomic mass is 32.2. The van der Waals surface area contributed by atoms with Gasteiger partial charge in [-0.3, -0.25) is 0 Å². The van der Waals surface area contributed by atoms with Crippen LogP contribution in [0.15, 0.2) is 54.0 Å². The van der Waals surface area contributed by atoms with Gasteiger partial charge in [-0.25, -0.2) is 0 Å². The molecule has 0 saturated heterocycles. The van der Waals surface area contributed by atoms with E-state index >= 15 is 0 Å². The van der Waals surface area contributed by atoms with Gasteiger partial charge in [-0.2, -0.15) is 0 Å². The normalized spacial score (nSPS) is 11.3. The van der Waals surface area contributed by atoms with E-state index in [4.69, 9.17) is 4.74 Å². The Kier molecular flexibility index (Phi) is 6.77. The molecule has 0 saturated carbocycles. The van der Waals surface area contributed by atoms with E-state index in [-0.39, 0.29) is 0 Å². The Hall–Kier alpha value is -2.13. The summed E-state index contributed by atoms with van der Waals surface area (Å²) in [4.78, 5) is 1.06. The van der Waals surface area contributed by atoms with Crippen LogP contribution in [0.4, 0.5) is 5.69 Å². The number of methoxy groups -OCH3 is 1. The number of anilines is 1. The summed E-state index contributed by atoms with van der Waals surface area (Å²) in [6.07, 6.45) is 0.863. The molecule has 0 aliphatic carbocycles. The Bertz CT molecular complexity index is 775. The first-order chi connectivity index (χ1) is 11.9. The molecule has 2 rings (SSSR count). The smallest absolute Gasteiger partial charge is 0.124 e. The number of rotatable bonds is 7. The first-order valence-corrected chi connectivity index (χ1v) is 9.26. The average Bonchev–Trinajstić information content (AvgIpc) is 2.60. The van der Waals surface area contributed by atoms with Crippen molar-refractivity contribution in [2.45, 2.75) is 27.2 Å². The summed E-state index contributed by atoms with van der Waals surface area (Å²) in [6, 6.07) is 12.7. The maximum atomic E-state index is 5.56. The molecule has 0 aliphatic heterocycles. The predicted molar refractivity (Wildman–Crippen MR) is 113 cm³/mol. The number of hydrogen-bond donors (Lipinski definition) is 1. The maximum absolute atomic E-state index is 5.56. The van der Waals surface area contributed by atoms with E-state index in [1.807, 2.05) is 7.05 Å². The molecule has 0 bridgehead atoms. The van der Waals surface area contributed by atoms with Crippen LogP contribution in [0.3, 0.4) is 0 Å². The van der Waals surface area contributed by atoms with Crippen LogP contribution in [0, 0.1) is 13.8 Å². The third kappa shape index (κ3) is 5.17. The summed E-state index contributed by atoms with van der Waals surface area (Å²) < 4.78 is 5.56. The van der Waals surface area contributed by atoms with Crippen molar-refractivity contribution in [2.24, 2.45) is 0 Å². The van der Waals surface area contributed by atoms with Crippen LogP contribution in [0.5, 0.6) is 5.75 Å². The highest BCUT2D eigenvalue weighted by Gasteiger charge is 2.08. The topological polar surface area (TPSA) is 21.3 Å². The molecule has 3 heteroatoms. The Labute approximate surface area is 156 Å². The van der Waals surface area contributed by atoms with Gasteiger partial charge < -0.3 is 10.1 Å². The third-order valence-corrected chi connectivity index (χ3v) is 5.18. The molecule has 0 unspecified atom stereocenters. The van der Waals surface area contributed by atoms with Gasteiger partial charge in [-0.15, -0.1) is 0 Å². The van der Waals surface area contributed by atoms with Crippen LogP contribution in [0.25, 0.3) is 4.91 Å². The number of allylic oxidation sites excluding steroid dienone is 1. The monoisotopic (exact) mass is 353 g/mol. The second-order valence-electron chi connectivity index (χ2n) is 6.28. The first-order valence-electron chi connectivity index (χ1n) is 8.38. The molecule has 2 aromatic rings. The summed E-state index contributed by atoms with van der Waals surface area (Å²) in [7, 11) is 3.65. The molecule has 25 heavy (non-hydrogen) atoms. The molecule has 0 fully saturated rings. The standard InChI is InChI=1S/C22H27NOS/c1-15-7-9-19(10-8-15)18(4)25-14-16(2)11-20-12-17(3)21(23-5)13-22(20)24-6/h7-10,12-14,23H,4,11H2,1-3,5-6H3/b16-14+. The molecule has 2 aromatic carbocycles. The van der Waals surface area contributed by atoms with Gasteiger partial charge in [-0.1, -0.05) is 59.8 Å². The van der Waals surface area contributed by atoms with Crippen molar-refractivity contribution in [2.75, 3.05) is 19.5 Å². The van der Waals surface area contributed by atoms with Crippen molar-refractivity contribution in [3.8, 4) is 5.75 Å². The first kappa shape index (κ1) is 19.2. The summed E-state index contributed by atoms with van der Waals surface area (Å²) in [5.41, 5.74) is 7.25. The Morgan fingerprint density at radius 1 is 1.20 bits per heavy atom. The minimum Gasteiger partial charge on any atom is -0.496 e. The summed E-state index contributed by atoms with van der Waals surface area (Å²) in [5.74, 6) is 0.921. The summed E-state index contributed by atoms with van der Waals surface area (Å²) >= 11 is 1.68. The number of thioether (sulfide) groups is 1. The molecule has 0 heterocycles. The van der Waals surface area contributed by atoms with Crippen molar-refractivity contribution < 1.29 is 4.74 Å². The van der Waals surface area contributed by atoms with Gasteiger partial charge >= 0.3 is 0 Å². The maximum Gasteiger partial charge on any atom is 0.124 e. The van der Waals surface area contributed by atoms with Crippen molar-refractivity contribution >= 4 is 22.4 Å². The quantitative estimate of drug-likeness (QED) is 0.640. The highest BCUT2D eigenvalue weighted by molar-refractivity contribution is 8.10. The van der Waals surface area contributed by atoms with Crippen LogP contribution >= 0.6 is 11.8 Å². The van der Waals surface area contributed by atoms with Gasteiger partial charge in [0.2, 0.25) is 0 Å². The molecule has 2 nitrogen and oxygen atoms in total. The van der Waals surface area contributed by atoms with Crippen LogP contribution in [0.2, 0.25) is 0 Å². The van der Waals surface area contributed by atoms with Crippen molar-refractivity contribution in [3.05, 3.63) is 76.2 Å². The zero-order valence-corrected chi connectivity index (χ0v) is 16.6. The Morgan fingerprint density at radius 3 is 2.48 bits per heavy atom. The van der Waals surface area contributed by atoms with Crippen LogP contribution in [-0.2, 0) is 6.42 Å². The van der Waals surface area contributed by atoms with E-state index in [1.54, 1.807) is 18.9 Å². The van der Waals surface area contributed by atoms with Crippen LogP contribution in [0.1, 0.15) is 29.2 Å². The van der Waals surface area contributed by atoms with E-state index in [0.717, 1.165) is 22.8 Å². The minimum atomic E-state index is 0.863. The zero-order valence-electron chi connectivity index (χ0n) is 15.8. The molecule has 0 radical (unpaired) electrons. The van der Waals surface area contributed by atoms with E-state index < -0.39 is 0 Å². The lowest BCUT2D eigenvalue weighted by molar-refractivity contribution is 0.410. The average molecular weight is 354 g/mol. The number of ether oxygens (including phenoxy) is 1. The SMILES string of the molecule is C=C(S/C=C(\C)Cc1cc(C)c(NC)cc1OC)c1ccc(C)cc1. The zero-order chi connectivity index (χ0) is 18.4. The Balaban J connectivity index is 2.09. The van der Waals surface area contributed by atoms with Gasteiger partial charge in [0.05, 0.1) is 7.11 Å². The summed E-state index contributed by atoms with van der Waals surface area (Å²) in [6.45, 7) is 10.5. The van der Waals surface area contributed by atoms with Crippen molar-refractivity contribution in [1.82, 2.24) is 0 Å². The molecule has 0 amide bonds. The molecule has 0 atom stereocenters. The van der Waals surface area contributed by atoms with Gasteiger partial charge in [0.15, 0.2) is 0 Å². The number of benzene rings is 2. The van der Waals surface area contributed by atoms with E-state index in [9.17, 15) is 0 Å². The fourth-order valence-electron chi connectivity index (χ4n) is 2.67. The molecular formula is C22H27NOS. The van der Waals surface area contributed by atoms with Crippen molar-refractivity contribution in [3.63, 3.8) is 0 Å². The number of nitrogens with one attached hydrogen (secondary N) is 1. The predicted octanol–water partition coefficient (Wildman–Crippen LogP) is 6.20. The molecule has 0 spiro atoms. The fourth-order valence-corrected chi connectivity index (χ4v) is 3.37. The summed E-state index contributed by atoms with van der Waals surface area (Å²) in [5, 5.41) is 5.39. The van der Waals surface area contributed by atoms with Crippen LogP contribution in [-0.4, -0.2) is 14.2 Å². The minimum absolute atomic E-state index is 0.863. The van der Waals surface area contributed by atoms with Gasteiger partial charge in [0, 0.05) is 23.7 Å². The second kappa shape index (κ2) is 8.82. The highest BCUT2D eigenvalue weighted by Crippen LogP contribution is 2.31. The van der Waals surface area contributed by atoms with E-state index in [0.29, 0.717) is 0 Å². The van der Waals surface area contributed by atoms with Crippen molar-refractivity contribution in [1.29, 1.82) is 0 Å². The second-order valence-corrected chi connectivity index (χ2v) is 7.24. The fraction of sp³-hybridized carbons (Fsp3) is 0.273. The number of hydrogen-bond acceptors (Lipinski definition) is 3. The molecular weight excluding hydrogens is 326 g/mol. The molecule has 132 valence electrons. The molecule has 0 aliphatic rings. The largest absolute Gasteiger partial charge is 0.496 e. The lowest BCUT2D eigenvalue weighted by Crippen LogP contribution is -1.98. The third-order valence-electron chi connectivity index (χ3n) is 4.14. The van der Waals surface area contributed by atoms with Crippen LogP contribution < -0.4 is 10.1 Å². The van der Waals surface area contributed by atoms with Gasteiger partial charge in [-0.05, 0) is 49.3 Å². The van der Waals surface area contributed by atoms with Gasteiger partial charge in [0.25, 0.3) is 0 Å². The lowest BCUT2D eigenvalue weighted by atomic mass is 10.0. The molecule has 0 aromatic heterocycles. The Morgan fingerprint density at radius 2 is 1.88 bits per heavy atom. The van der Waals surface area contributed by atoms with E-state index in [2.05, 4.69) is 74.5 Å². The lowest BCUT2D eigenvalue weighted by Gasteiger charge is -2.14. The van der Waals surface area contributed by atoms with Gasteiger partial charge in [0.1, 0.15) is 5.75 Å². The number of aryl methyl sites for hydroxylation is 2. The molecule has 1 N–H and O–H groups in total.